The Kier molecular flexibility index (Phi) is 5.18. The molecule has 1 N–H and O–H groups in total. The standard InChI is InChI=1S/C25H23ClN2O4/c1-13-22-23(18-12-17(30-2)8-9-21(18)31-3)24-19(27-25(22)32-28-13)10-15(11-20(24)29)14-4-6-16(26)7-5-14/h4-9,12,15,23,27H,10-11H2,1-3H3/t15-,23+/m1/s1. The van der Waals surface area contributed by atoms with Gasteiger partial charge in [-0.1, -0.05) is 28.9 Å². The maximum Gasteiger partial charge on any atom is 0.233 e. The molecule has 6 nitrogen and oxygen atoms in total. The number of nitrogens with zero attached hydrogens (tertiary/aromatic N) is 1. The lowest BCUT2D eigenvalue weighted by Crippen LogP contribution is -2.29. The van der Waals surface area contributed by atoms with Crippen molar-refractivity contribution in [2.24, 2.45) is 0 Å². The smallest absolute Gasteiger partial charge is 0.233 e. The summed E-state index contributed by atoms with van der Waals surface area (Å²) < 4.78 is 16.8. The van der Waals surface area contributed by atoms with Gasteiger partial charge in [-0.15, -0.1) is 0 Å². The molecule has 1 aromatic heterocycles. The van der Waals surface area contributed by atoms with Gasteiger partial charge in [0.2, 0.25) is 5.88 Å². The maximum atomic E-state index is 13.6. The summed E-state index contributed by atoms with van der Waals surface area (Å²) in [6, 6.07) is 13.3. The summed E-state index contributed by atoms with van der Waals surface area (Å²) in [5.74, 6) is 1.75. The van der Waals surface area contributed by atoms with Crippen molar-refractivity contribution in [1.82, 2.24) is 5.16 Å². The van der Waals surface area contributed by atoms with Crippen LogP contribution in [0.3, 0.4) is 0 Å². The summed E-state index contributed by atoms with van der Waals surface area (Å²) in [6.07, 6.45) is 1.11. The number of benzene rings is 2. The van der Waals surface area contributed by atoms with Crippen molar-refractivity contribution in [3.05, 3.63) is 81.1 Å². The Morgan fingerprint density at radius 1 is 1.09 bits per heavy atom. The molecule has 7 heteroatoms. The summed E-state index contributed by atoms with van der Waals surface area (Å²) in [5.41, 5.74) is 5.13. The second-order valence-corrected chi connectivity index (χ2v) is 8.59. The van der Waals surface area contributed by atoms with E-state index in [1.54, 1.807) is 14.2 Å². The van der Waals surface area contributed by atoms with Crippen molar-refractivity contribution in [2.75, 3.05) is 19.5 Å². The molecule has 2 atom stereocenters. The normalized spacial score (nSPS) is 19.8. The molecule has 164 valence electrons. The molecule has 3 aromatic rings. The maximum absolute atomic E-state index is 13.6. The average Bonchev–Trinajstić information content (AvgIpc) is 3.17. The molecule has 0 radical (unpaired) electrons. The zero-order valence-corrected chi connectivity index (χ0v) is 18.8. The number of ketones is 1. The highest BCUT2D eigenvalue weighted by Gasteiger charge is 2.42. The first kappa shape index (κ1) is 20.6. The summed E-state index contributed by atoms with van der Waals surface area (Å²) in [6.45, 7) is 1.89. The predicted molar refractivity (Wildman–Crippen MR) is 122 cm³/mol. The molecule has 5 rings (SSSR count). The molecule has 2 heterocycles. The van der Waals surface area contributed by atoms with E-state index in [0.29, 0.717) is 35.2 Å². The van der Waals surface area contributed by atoms with E-state index in [9.17, 15) is 4.79 Å². The van der Waals surface area contributed by atoms with Crippen molar-refractivity contribution in [3.63, 3.8) is 0 Å². The Bertz CT molecular complexity index is 1230. The van der Waals surface area contributed by atoms with Gasteiger partial charge in [0, 0.05) is 28.3 Å². The van der Waals surface area contributed by atoms with Crippen LogP contribution in [0.25, 0.3) is 0 Å². The molecular weight excluding hydrogens is 428 g/mol. The first-order chi connectivity index (χ1) is 15.5. The van der Waals surface area contributed by atoms with Gasteiger partial charge in [0.25, 0.3) is 0 Å². The van der Waals surface area contributed by atoms with Crippen molar-refractivity contribution in [2.45, 2.75) is 31.6 Å². The van der Waals surface area contributed by atoms with Gasteiger partial charge in [-0.2, -0.15) is 0 Å². The monoisotopic (exact) mass is 450 g/mol. The number of carbonyl (C=O) groups excluding carboxylic acids is 1. The van der Waals surface area contributed by atoms with Crippen molar-refractivity contribution in [3.8, 4) is 11.5 Å². The first-order valence-corrected chi connectivity index (χ1v) is 10.8. The largest absolute Gasteiger partial charge is 0.497 e. The lowest BCUT2D eigenvalue weighted by Gasteiger charge is -2.35. The number of allylic oxidation sites excluding steroid dienone is 2. The second-order valence-electron chi connectivity index (χ2n) is 8.15. The molecule has 0 amide bonds. The molecule has 0 spiro atoms. The van der Waals surface area contributed by atoms with E-state index in [4.69, 9.17) is 25.6 Å². The van der Waals surface area contributed by atoms with Gasteiger partial charge in [-0.25, -0.2) is 0 Å². The third-order valence-electron chi connectivity index (χ3n) is 6.35. The number of hydrogen-bond acceptors (Lipinski definition) is 6. The first-order valence-electron chi connectivity index (χ1n) is 10.5. The Morgan fingerprint density at radius 2 is 1.88 bits per heavy atom. The van der Waals surface area contributed by atoms with E-state index in [-0.39, 0.29) is 17.6 Å². The number of carbonyl (C=O) groups is 1. The minimum atomic E-state index is -0.351. The number of nitrogens with one attached hydrogen (secondary N) is 1. The molecule has 0 unspecified atom stereocenters. The van der Waals surface area contributed by atoms with Crippen LogP contribution in [0.15, 0.2) is 58.3 Å². The van der Waals surface area contributed by atoms with Crippen LogP contribution in [0.5, 0.6) is 11.5 Å². The average molecular weight is 451 g/mol. The number of anilines is 1. The topological polar surface area (TPSA) is 73.6 Å². The number of aryl methyl sites for hydroxylation is 1. The third kappa shape index (κ3) is 3.35. The third-order valence-corrected chi connectivity index (χ3v) is 6.60. The van der Waals surface area contributed by atoms with E-state index in [1.807, 2.05) is 49.4 Å². The number of Topliss-reactive ketones (excluding diaryl/α,β-unsaturated/α-hetero) is 1. The highest BCUT2D eigenvalue weighted by molar-refractivity contribution is 6.30. The van der Waals surface area contributed by atoms with Crippen LogP contribution < -0.4 is 14.8 Å². The van der Waals surface area contributed by atoms with E-state index >= 15 is 0 Å². The van der Waals surface area contributed by atoms with Crippen LogP contribution in [-0.4, -0.2) is 25.2 Å². The number of rotatable bonds is 4. The highest BCUT2D eigenvalue weighted by Crippen LogP contribution is 2.51. The second kappa shape index (κ2) is 8.02. The van der Waals surface area contributed by atoms with Gasteiger partial charge in [0.05, 0.1) is 31.4 Å². The number of methoxy groups -OCH3 is 2. The zero-order valence-electron chi connectivity index (χ0n) is 18.1. The van der Waals surface area contributed by atoms with Crippen LogP contribution in [0.4, 0.5) is 5.88 Å². The fourth-order valence-corrected chi connectivity index (χ4v) is 4.95. The lowest BCUT2D eigenvalue weighted by atomic mass is 9.72. The van der Waals surface area contributed by atoms with Gasteiger partial charge in [0.15, 0.2) is 5.78 Å². The van der Waals surface area contributed by atoms with Gasteiger partial charge in [-0.3, -0.25) is 4.79 Å². The fraction of sp³-hybridized carbons (Fsp3) is 0.280. The van der Waals surface area contributed by atoms with Crippen molar-refractivity contribution < 1.29 is 18.8 Å². The van der Waals surface area contributed by atoms with Gasteiger partial charge >= 0.3 is 0 Å². The van der Waals surface area contributed by atoms with Crippen LogP contribution in [0.2, 0.25) is 5.02 Å². The van der Waals surface area contributed by atoms with E-state index in [0.717, 1.165) is 33.7 Å². The van der Waals surface area contributed by atoms with Crippen LogP contribution in [0.1, 0.15) is 47.1 Å². The Hall–Kier alpha value is -3.25. The molecule has 0 saturated carbocycles. The summed E-state index contributed by atoms with van der Waals surface area (Å²) in [7, 11) is 3.25. The predicted octanol–water partition coefficient (Wildman–Crippen LogP) is 5.61. The molecule has 0 saturated heterocycles. The Balaban J connectivity index is 1.65. The summed E-state index contributed by atoms with van der Waals surface area (Å²) >= 11 is 6.06. The van der Waals surface area contributed by atoms with Crippen molar-refractivity contribution in [1.29, 1.82) is 0 Å². The minimum Gasteiger partial charge on any atom is -0.497 e. The van der Waals surface area contributed by atoms with E-state index in [2.05, 4.69) is 10.5 Å². The number of hydrogen-bond donors (Lipinski definition) is 1. The van der Waals surface area contributed by atoms with Gasteiger partial charge in [-0.05, 0) is 55.2 Å². The molecule has 32 heavy (non-hydrogen) atoms. The van der Waals surface area contributed by atoms with Crippen LogP contribution >= 0.6 is 11.6 Å². The molecule has 1 aliphatic heterocycles. The quantitative estimate of drug-likeness (QED) is 0.556. The fourth-order valence-electron chi connectivity index (χ4n) is 4.82. The van der Waals surface area contributed by atoms with E-state index < -0.39 is 0 Å². The number of aromatic nitrogens is 1. The molecular formula is C25H23ClN2O4. The Morgan fingerprint density at radius 3 is 2.59 bits per heavy atom. The molecule has 1 aliphatic carbocycles. The van der Waals surface area contributed by atoms with E-state index in [1.165, 1.54) is 0 Å². The van der Waals surface area contributed by atoms with Gasteiger partial charge in [0.1, 0.15) is 11.5 Å². The minimum absolute atomic E-state index is 0.0597. The molecule has 0 bridgehead atoms. The summed E-state index contributed by atoms with van der Waals surface area (Å²) in [5, 5.41) is 8.22. The SMILES string of the molecule is COc1ccc(OC)c([C@@H]2C3=C(C[C@@H](c4ccc(Cl)cc4)CC3=O)Nc3onc(C)c32)c1. The molecule has 0 fully saturated rings. The number of halogens is 1. The molecule has 2 aromatic carbocycles. The summed E-state index contributed by atoms with van der Waals surface area (Å²) in [4.78, 5) is 13.6. The number of ether oxygens (including phenoxy) is 2. The Labute approximate surface area is 191 Å². The van der Waals surface area contributed by atoms with Crippen LogP contribution in [-0.2, 0) is 4.79 Å². The zero-order chi connectivity index (χ0) is 22.4. The van der Waals surface area contributed by atoms with Crippen molar-refractivity contribution >= 4 is 23.3 Å². The highest BCUT2D eigenvalue weighted by atomic mass is 35.5. The number of fused-ring (bicyclic) bond motifs is 1. The molecule has 2 aliphatic rings. The lowest BCUT2D eigenvalue weighted by molar-refractivity contribution is -0.116. The van der Waals surface area contributed by atoms with Gasteiger partial charge < -0.3 is 19.3 Å². The van der Waals surface area contributed by atoms with Crippen LogP contribution in [0, 0.1) is 6.92 Å².